The van der Waals surface area contributed by atoms with E-state index in [1.807, 2.05) is 0 Å². The number of fused-ring (bicyclic) bond motifs is 2. The van der Waals surface area contributed by atoms with Gasteiger partial charge in [0.2, 0.25) is 11.9 Å². The molecule has 2 amide bonds. The van der Waals surface area contributed by atoms with Gasteiger partial charge in [0.25, 0.3) is 22.9 Å². The van der Waals surface area contributed by atoms with Crippen LogP contribution in [-0.2, 0) is 28.8 Å². The molecule has 356 valence electrons. The quantitative estimate of drug-likeness (QED) is 0.0252. The van der Waals surface area contributed by atoms with Gasteiger partial charge in [-0.3, -0.25) is 29.1 Å². The first-order chi connectivity index (χ1) is 32.3. The van der Waals surface area contributed by atoms with Crippen molar-refractivity contribution < 1.29 is 58.8 Å². The number of aromatic nitrogens is 4. The summed E-state index contributed by atoms with van der Waals surface area (Å²) in [6.45, 7) is 1.76. The second-order valence-corrected chi connectivity index (χ2v) is 14.6. The van der Waals surface area contributed by atoms with Crippen molar-refractivity contribution >= 4 is 132 Å². The molecule has 0 fully saturated rings. The smallest absolute Gasteiger partial charge is 0.544 e. The fraction of sp³-hybridized carbons (Fsp3) is 0.250. The molecule has 69 heavy (non-hydrogen) atoms. The van der Waals surface area contributed by atoms with Crippen LogP contribution < -0.4 is 75.3 Å². The van der Waals surface area contributed by atoms with Crippen molar-refractivity contribution in [3.63, 3.8) is 0 Å². The minimum absolute atomic E-state index is 0. The molecule has 4 aromatic rings. The maximum atomic E-state index is 12.4. The van der Waals surface area contributed by atoms with Gasteiger partial charge in [-0.2, -0.15) is 9.97 Å². The van der Waals surface area contributed by atoms with E-state index in [-0.39, 0.29) is 84.2 Å². The number of benzene rings is 2. The summed E-state index contributed by atoms with van der Waals surface area (Å²) in [5, 5.41) is 62.8. The Bertz CT molecular complexity index is 2640. The van der Waals surface area contributed by atoms with Gasteiger partial charge in [0.05, 0.1) is 35.2 Å². The van der Waals surface area contributed by atoms with Crippen LogP contribution in [0, 0.1) is 0 Å². The first-order valence-corrected chi connectivity index (χ1v) is 19.8. The molecule has 4 heterocycles. The summed E-state index contributed by atoms with van der Waals surface area (Å²) in [6.07, 6.45) is -1.55. The van der Waals surface area contributed by atoms with Gasteiger partial charge >= 0.3 is 49.7 Å². The van der Waals surface area contributed by atoms with Crippen LogP contribution in [0.4, 0.5) is 46.3 Å². The number of aromatic amines is 2. The third kappa shape index (κ3) is 14.8. The third-order valence-corrected chi connectivity index (χ3v) is 9.77. The molecule has 4 atom stereocenters. The minimum atomic E-state index is -1.86. The van der Waals surface area contributed by atoms with E-state index < -0.39 is 82.9 Å². The van der Waals surface area contributed by atoms with Crippen molar-refractivity contribution in [2.24, 2.45) is 0 Å². The van der Waals surface area contributed by atoms with Crippen molar-refractivity contribution in [3.05, 3.63) is 91.5 Å². The molecule has 0 spiro atoms. The Labute approximate surface area is 416 Å². The number of hydrogen-bond acceptors (Lipinski definition) is 22. The van der Waals surface area contributed by atoms with E-state index in [1.54, 1.807) is 24.3 Å². The number of H-pyrrole nitrogens is 2. The monoisotopic (exact) mass is 980 g/mol. The van der Waals surface area contributed by atoms with Crippen LogP contribution in [0.1, 0.15) is 33.6 Å². The van der Waals surface area contributed by atoms with Crippen molar-refractivity contribution in [2.45, 2.75) is 37.0 Å². The molecular formula is C40H40CaN14O14. The molecular weight excluding hydrogens is 941 g/mol. The Balaban J connectivity index is 0.000000296. The maximum absolute atomic E-state index is 12.4. The second kappa shape index (κ2) is 24.4. The molecule has 2 aromatic heterocycles. The zero-order valence-corrected chi connectivity index (χ0v) is 37.9. The molecule has 0 saturated heterocycles. The normalized spacial score (nSPS) is 14.7. The number of hydrogen-bond donors (Lipinski definition) is 14. The van der Waals surface area contributed by atoms with Gasteiger partial charge in [-0.1, -0.05) is 0 Å². The zero-order chi connectivity index (χ0) is 49.7. The standard InChI is InChI=1S/2C20H21N7O7.Ca/c2*21-20-26-15-14(17(30)27-20)24-12(7-23-15)6-22-11-3-1-9(2-4-11)16(29)25-13(19(33)34)5-10(8-28)18(31)32;/h2*1-4,12-13,22,24H,5-7H2,(H,25,29)(H,31,32)(H,33,34)(H4,21,23,26,27,30);/q;;+2/p-2/t2*12?,13-;/m00./s1. The number of nitrogens with one attached hydrogen (secondary N) is 10. The van der Waals surface area contributed by atoms with Crippen molar-refractivity contribution in [1.29, 1.82) is 0 Å². The number of nitrogens with two attached hydrogens (primary N) is 2. The van der Waals surface area contributed by atoms with E-state index in [4.69, 9.17) is 11.5 Å². The summed E-state index contributed by atoms with van der Waals surface area (Å²) in [7, 11) is 0. The summed E-state index contributed by atoms with van der Waals surface area (Å²) in [5.41, 5.74) is 10.5. The first-order valence-electron chi connectivity index (χ1n) is 19.8. The van der Waals surface area contributed by atoms with Gasteiger partial charge in [-0.05, 0) is 48.5 Å². The van der Waals surface area contributed by atoms with E-state index in [0.29, 0.717) is 49.2 Å². The number of nitrogen functional groups attached to an aromatic ring is 2. The average molecular weight is 981 g/mol. The molecule has 2 unspecified atom stereocenters. The number of nitrogens with zero attached hydrogens (tertiary/aromatic N) is 2. The van der Waals surface area contributed by atoms with Crippen LogP contribution in [0.15, 0.2) is 69.3 Å². The fourth-order valence-electron chi connectivity index (χ4n) is 6.29. The van der Waals surface area contributed by atoms with Crippen LogP contribution in [0.5, 0.6) is 0 Å². The molecule has 2 aliphatic heterocycles. The van der Waals surface area contributed by atoms with Gasteiger partial charge < -0.3 is 84.0 Å². The number of carboxylic acid groups (broad SMARTS) is 4. The van der Waals surface area contributed by atoms with Crippen LogP contribution in [0.3, 0.4) is 0 Å². The molecule has 28 nitrogen and oxygen atoms in total. The zero-order valence-electron chi connectivity index (χ0n) is 35.7. The number of aliphatic carboxylic acids is 4. The number of rotatable bonds is 18. The predicted molar refractivity (Wildman–Crippen MR) is 241 cm³/mol. The average Bonchev–Trinajstić information content (AvgIpc) is 3.30. The predicted octanol–water partition coefficient (Wildman–Crippen LogP) is -4.88. The molecule has 0 saturated carbocycles. The Morgan fingerprint density at radius 1 is 0.652 bits per heavy atom. The summed E-state index contributed by atoms with van der Waals surface area (Å²) in [5.74, 6) is -5.36. The number of carboxylic acids is 4. The van der Waals surface area contributed by atoms with Crippen molar-refractivity contribution in [3.8, 4) is 0 Å². The van der Waals surface area contributed by atoms with Crippen LogP contribution in [0.2, 0.25) is 0 Å². The van der Waals surface area contributed by atoms with E-state index in [2.05, 4.69) is 62.5 Å². The third-order valence-electron chi connectivity index (χ3n) is 9.77. The van der Waals surface area contributed by atoms with E-state index in [1.165, 1.54) is 24.3 Å². The molecule has 0 radical (unpaired) electrons. The summed E-state index contributed by atoms with van der Waals surface area (Å²) in [4.78, 5) is 127. The molecule has 2 aromatic carbocycles. The number of carbonyl (C=O) groups is 6. The molecule has 2 aliphatic rings. The van der Waals surface area contributed by atoms with Crippen LogP contribution in [-0.4, -0.2) is 166 Å². The second-order valence-electron chi connectivity index (χ2n) is 14.6. The number of carbonyl (C=O) groups excluding carboxylic acids is 6. The number of anilines is 8. The number of amides is 2. The maximum Gasteiger partial charge on any atom is 2.00 e. The van der Waals surface area contributed by atoms with Crippen molar-refractivity contribution in [2.75, 3.05) is 69.5 Å². The van der Waals surface area contributed by atoms with Gasteiger partial charge in [0, 0.05) is 61.5 Å². The van der Waals surface area contributed by atoms with Gasteiger partial charge in [0.15, 0.2) is 11.6 Å². The van der Waals surface area contributed by atoms with Crippen LogP contribution >= 0.6 is 0 Å². The Kier molecular flexibility index (Phi) is 18.8. The van der Waals surface area contributed by atoms with Gasteiger partial charge in [-0.15, -0.1) is 0 Å². The molecule has 16 N–H and O–H groups in total. The summed E-state index contributed by atoms with van der Waals surface area (Å²) < 4.78 is 0. The van der Waals surface area contributed by atoms with Gasteiger partial charge in [-0.25, -0.2) is 19.2 Å². The molecule has 0 aliphatic carbocycles. The van der Waals surface area contributed by atoms with Crippen LogP contribution in [0.25, 0.3) is 0 Å². The van der Waals surface area contributed by atoms with E-state index in [0.717, 1.165) is 11.9 Å². The first kappa shape index (κ1) is 53.2. The Morgan fingerprint density at radius 3 is 1.30 bits per heavy atom. The minimum Gasteiger partial charge on any atom is -0.544 e. The van der Waals surface area contributed by atoms with E-state index >= 15 is 0 Å². The SMILES string of the molecule is Nc1nc2c(c(=O)[nH]1)NC(CNc1ccc(C(=O)N[C@@H](CC(=C=O)C(=O)[O-])C(=O)O)cc1)CN2.Nc1nc2c(c(=O)[nH]1)NC(CNc1ccc(C(=O)N[C@@H](CC(=C=O)C(=O)[O-])C(=O)O)cc1)CN2.[Ca+2]. The molecule has 29 heteroatoms. The largest absolute Gasteiger partial charge is 2.00 e. The topological polar surface area (TPSA) is 463 Å². The van der Waals surface area contributed by atoms with Crippen molar-refractivity contribution in [1.82, 2.24) is 30.6 Å². The van der Waals surface area contributed by atoms with E-state index in [9.17, 15) is 68.4 Å². The molecule has 0 bridgehead atoms. The van der Waals surface area contributed by atoms with Gasteiger partial charge in [0.1, 0.15) is 35.3 Å². The fourth-order valence-corrected chi connectivity index (χ4v) is 6.29. The molecule has 6 rings (SSSR count). The Hall–Kier alpha value is -8.42. The summed E-state index contributed by atoms with van der Waals surface area (Å²) in [6, 6.07) is 8.45. The summed E-state index contributed by atoms with van der Waals surface area (Å²) >= 11 is 0. The Morgan fingerprint density at radius 2 is 1.00 bits per heavy atom.